The first kappa shape index (κ1) is 16.0. The Hall–Kier alpha value is -2.04. The molecule has 0 aromatic heterocycles. The Balaban J connectivity index is 2.82. The van der Waals surface area contributed by atoms with E-state index in [1.807, 2.05) is 26.8 Å². The minimum Gasteiger partial charge on any atom is -0.399 e. The van der Waals surface area contributed by atoms with E-state index in [-0.39, 0.29) is 18.4 Å². The first-order valence-electron chi connectivity index (χ1n) is 6.80. The van der Waals surface area contributed by atoms with Crippen molar-refractivity contribution in [2.24, 2.45) is 0 Å². The minimum absolute atomic E-state index is 0.0487. The number of nitrogens with two attached hydrogens (primary N) is 1. The predicted octanol–water partition coefficient (Wildman–Crippen LogP) is 1.52. The molecular formula is C15H23N3O2. The van der Waals surface area contributed by atoms with Crippen molar-refractivity contribution in [2.75, 3.05) is 32.4 Å². The van der Waals surface area contributed by atoms with Gasteiger partial charge in [0.05, 0.1) is 6.54 Å². The number of aryl methyl sites for hydroxylation is 1. The molecule has 2 amide bonds. The van der Waals surface area contributed by atoms with Gasteiger partial charge in [-0.25, -0.2) is 0 Å². The third kappa shape index (κ3) is 3.73. The third-order valence-corrected chi connectivity index (χ3v) is 3.33. The molecule has 5 nitrogen and oxygen atoms in total. The summed E-state index contributed by atoms with van der Waals surface area (Å²) in [7, 11) is 1.63. The van der Waals surface area contributed by atoms with E-state index in [2.05, 4.69) is 0 Å². The zero-order chi connectivity index (χ0) is 15.3. The molecule has 0 heterocycles. The van der Waals surface area contributed by atoms with Crippen molar-refractivity contribution >= 4 is 17.5 Å². The summed E-state index contributed by atoms with van der Waals surface area (Å²) in [5.41, 5.74) is 7.65. The van der Waals surface area contributed by atoms with Gasteiger partial charge in [0.25, 0.3) is 5.91 Å². The fourth-order valence-corrected chi connectivity index (χ4v) is 2.03. The molecule has 110 valence electrons. The Morgan fingerprint density at radius 1 is 1.20 bits per heavy atom. The predicted molar refractivity (Wildman–Crippen MR) is 80.5 cm³/mol. The number of amides is 2. The Morgan fingerprint density at radius 3 is 2.35 bits per heavy atom. The number of benzene rings is 1. The third-order valence-electron chi connectivity index (χ3n) is 3.33. The summed E-state index contributed by atoms with van der Waals surface area (Å²) in [5.74, 6) is -0.234. The van der Waals surface area contributed by atoms with Gasteiger partial charge in [-0.3, -0.25) is 9.59 Å². The van der Waals surface area contributed by atoms with Gasteiger partial charge in [0, 0.05) is 31.4 Å². The van der Waals surface area contributed by atoms with Crippen LogP contribution in [0.25, 0.3) is 0 Å². The second kappa shape index (κ2) is 6.93. The van der Waals surface area contributed by atoms with E-state index in [0.717, 1.165) is 5.56 Å². The smallest absolute Gasteiger partial charge is 0.254 e. The highest BCUT2D eigenvalue weighted by atomic mass is 16.2. The molecule has 0 aliphatic carbocycles. The maximum Gasteiger partial charge on any atom is 0.254 e. The molecule has 1 rings (SSSR count). The Bertz CT molecular complexity index is 496. The molecule has 0 spiro atoms. The van der Waals surface area contributed by atoms with Crippen LogP contribution in [-0.2, 0) is 4.79 Å². The topological polar surface area (TPSA) is 66.6 Å². The average molecular weight is 277 g/mol. The minimum atomic E-state index is -0.185. The number of hydrogen-bond donors (Lipinski definition) is 1. The maximum atomic E-state index is 12.4. The van der Waals surface area contributed by atoms with Gasteiger partial charge in [-0.15, -0.1) is 0 Å². The highest BCUT2D eigenvalue weighted by molar-refractivity contribution is 5.98. The quantitative estimate of drug-likeness (QED) is 0.830. The molecule has 0 unspecified atom stereocenters. The summed E-state index contributed by atoms with van der Waals surface area (Å²) in [6.07, 6.45) is 0. The molecule has 2 N–H and O–H groups in total. The molecule has 5 heteroatoms. The molecule has 0 aliphatic heterocycles. The number of likely N-dealkylation sites (N-methyl/N-ethyl adjacent to an activating group) is 2. The molecule has 0 saturated carbocycles. The Labute approximate surface area is 120 Å². The number of carbonyl (C=O) groups is 2. The van der Waals surface area contributed by atoms with E-state index in [9.17, 15) is 9.59 Å². The van der Waals surface area contributed by atoms with Crippen LogP contribution >= 0.6 is 0 Å². The monoisotopic (exact) mass is 277 g/mol. The molecular weight excluding hydrogens is 254 g/mol. The van der Waals surface area contributed by atoms with Gasteiger partial charge >= 0.3 is 0 Å². The lowest BCUT2D eigenvalue weighted by Crippen LogP contribution is -2.41. The van der Waals surface area contributed by atoms with Gasteiger partial charge < -0.3 is 15.5 Å². The number of carbonyl (C=O) groups excluding carboxylic acids is 2. The normalized spacial score (nSPS) is 10.2. The van der Waals surface area contributed by atoms with E-state index in [0.29, 0.717) is 24.3 Å². The summed E-state index contributed by atoms with van der Waals surface area (Å²) in [6.45, 7) is 7.07. The van der Waals surface area contributed by atoms with Crippen molar-refractivity contribution in [3.8, 4) is 0 Å². The molecule has 1 aromatic carbocycles. The van der Waals surface area contributed by atoms with E-state index >= 15 is 0 Å². The number of nitrogen functional groups attached to an aromatic ring is 1. The largest absolute Gasteiger partial charge is 0.399 e. The van der Waals surface area contributed by atoms with Gasteiger partial charge in [-0.05, 0) is 38.5 Å². The van der Waals surface area contributed by atoms with Gasteiger partial charge in [0.2, 0.25) is 5.91 Å². The van der Waals surface area contributed by atoms with Gasteiger partial charge in [0.15, 0.2) is 0 Å². The number of nitrogens with zero attached hydrogens (tertiary/aromatic N) is 2. The van der Waals surface area contributed by atoms with Crippen LogP contribution in [0.5, 0.6) is 0 Å². The maximum absolute atomic E-state index is 12.4. The van der Waals surface area contributed by atoms with Crippen molar-refractivity contribution < 1.29 is 9.59 Å². The van der Waals surface area contributed by atoms with Crippen LogP contribution in [0.3, 0.4) is 0 Å². The van der Waals surface area contributed by atoms with Crippen LogP contribution in [0.4, 0.5) is 5.69 Å². The Morgan fingerprint density at radius 2 is 1.80 bits per heavy atom. The van der Waals surface area contributed by atoms with E-state index in [1.54, 1.807) is 24.1 Å². The molecule has 0 fully saturated rings. The summed E-state index contributed by atoms with van der Waals surface area (Å²) < 4.78 is 0. The molecule has 0 saturated heterocycles. The number of rotatable bonds is 5. The first-order chi connectivity index (χ1) is 9.40. The molecule has 0 radical (unpaired) electrons. The summed E-state index contributed by atoms with van der Waals surface area (Å²) >= 11 is 0. The lowest BCUT2D eigenvalue weighted by atomic mass is 10.1. The zero-order valence-electron chi connectivity index (χ0n) is 12.6. The van der Waals surface area contributed by atoms with Crippen LogP contribution in [0.2, 0.25) is 0 Å². The van der Waals surface area contributed by atoms with Crippen LogP contribution in [-0.4, -0.2) is 48.3 Å². The van der Waals surface area contributed by atoms with E-state index in [1.165, 1.54) is 4.90 Å². The fourth-order valence-electron chi connectivity index (χ4n) is 2.03. The van der Waals surface area contributed by atoms with Crippen LogP contribution < -0.4 is 5.73 Å². The van der Waals surface area contributed by atoms with Gasteiger partial charge in [-0.2, -0.15) is 0 Å². The molecule has 1 aromatic rings. The summed E-state index contributed by atoms with van der Waals surface area (Å²) in [4.78, 5) is 27.5. The van der Waals surface area contributed by atoms with Gasteiger partial charge in [-0.1, -0.05) is 6.07 Å². The van der Waals surface area contributed by atoms with Gasteiger partial charge in [0.1, 0.15) is 0 Å². The van der Waals surface area contributed by atoms with Crippen molar-refractivity contribution in [3.05, 3.63) is 29.3 Å². The van der Waals surface area contributed by atoms with Crippen LogP contribution in [0.1, 0.15) is 29.8 Å². The van der Waals surface area contributed by atoms with Crippen molar-refractivity contribution in [2.45, 2.75) is 20.8 Å². The van der Waals surface area contributed by atoms with Crippen LogP contribution in [0.15, 0.2) is 18.2 Å². The fraction of sp³-hybridized carbons (Fsp3) is 0.467. The SMILES string of the molecule is CCN(CC)C(=O)CN(C)C(=O)c1cc(N)ccc1C. The molecule has 0 bridgehead atoms. The number of hydrogen-bond acceptors (Lipinski definition) is 3. The molecule has 0 atom stereocenters. The van der Waals surface area contributed by atoms with Crippen molar-refractivity contribution in [1.29, 1.82) is 0 Å². The summed E-state index contributed by atoms with van der Waals surface area (Å²) in [6, 6.07) is 5.21. The molecule has 20 heavy (non-hydrogen) atoms. The van der Waals surface area contributed by atoms with E-state index < -0.39 is 0 Å². The second-order valence-electron chi connectivity index (χ2n) is 4.80. The zero-order valence-corrected chi connectivity index (χ0v) is 12.6. The molecule has 0 aliphatic rings. The first-order valence-corrected chi connectivity index (χ1v) is 6.80. The highest BCUT2D eigenvalue weighted by Crippen LogP contribution is 2.14. The Kier molecular flexibility index (Phi) is 5.55. The second-order valence-corrected chi connectivity index (χ2v) is 4.80. The summed E-state index contributed by atoms with van der Waals surface area (Å²) in [5, 5.41) is 0. The van der Waals surface area contributed by atoms with Crippen LogP contribution in [0, 0.1) is 6.92 Å². The average Bonchev–Trinajstić information content (AvgIpc) is 2.42. The standard InChI is InChI=1S/C15H23N3O2/c1-5-18(6-2)14(19)10-17(4)15(20)13-9-12(16)8-7-11(13)3/h7-9H,5-6,10,16H2,1-4H3. The van der Waals surface area contributed by atoms with Crippen molar-refractivity contribution in [3.63, 3.8) is 0 Å². The highest BCUT2D eigenvalue weighted by Gasteiger charge is 2.19. The lowest BCUT2D eigenvalue weighted by Gasteiger charge is -2.23. The lowest BCUT2D eigenvalue weighted by molar-refractivity contribution is -0.131. The van der Waals surface area contributed by atoms with Crippen molar-refractivity contribution in [1.82, 2.24) is 9.80 Å². The van der Waals surface area contributed by atoms with E-state index in [4.69, 9.17) is 5.73 Å². The number of anilines is 1.